The highest BCUT2D eigenvalue weighted by Crippen LogP contribution is 2.15. The van der Waals surface area contributed by atoms with E-state index >= 15 is 0 Å². The average molecular weight is 374 g/mol. The molecule has 0 amide bonds. The molecule has 0 bridgehead atoms. The van der Waals surface area contributed by atoms with Gasteiger partial charge in [-0.15, -0.1) is 0 Å². The second-order valence-corrected chi connectivity index (χ2v) is 8.70. The van der Waals surface area contributed by atoms with Crippen LogP contribution in [0.4, 0.5) is 11.4 Å². The Balaban J connectivity index is 2.01. The fraction of sp³-hybridized carbons (Fsp3) is 0.316. The summed E-state index contributed by atoms with van der Waals surface area (Å²) in [7, 11) is 2.33. The van der Waals surface area contributed by atoms with Crippen molar-refractivity contribution in [2.45, 2.75) is 12.5 Å². The molecule has 7 heteroatoms. The molecule has 140 valence electrons. The Hall–Kier alpha value is -2.19. The van der Waals surface area contributed by atoms with Crippen LogP contribution in [-0.2, 0) is 13.3 Å². The van der Waals surface area contributed by atoms with Crippen molar-refractivity contribution in [1.29, 1.82) is 0 Å². The van der Waals surface area contributed by atoms with Crippen LogP contribution in [0.5, 0.6) is 0 Å². The molecule has 0 heterocycles. The van der Waals surface area contributed by atoms with Crippen molar-refractivity contribution < 1.29 is 13.3 Å². The van der Waals surface area contributed by atoms with Crippen molar-refractivity contribution in [2.24, 2.45) is 4.99 Å². The number of hydrogen-bond donors (Lipinski definition) is 2. The molecular formula is C19H27N3O3Si. The Labute approximate surface area is 156 Å². The smallest absolute Gasteiger partial charge is 0.377 e. The molecule has 0 aliphatic heterocycles. The van der Waals surface area contributed by atoms with E-state index in [-0.39, 0.29) is 0 Å². The highest BCUT2D eigenvalue weighted by molar-refractivity contribution is 6.60. The van der Waals surface area contributed by atoms with E-state index in [0.29, 0.717) is 18.5 Å². The fourth-order valence-electron chi connectivity index (χ4n) is 2.47. The number of guanidine groups is 1. The molecule has 0 radical (unpaired) electrons. The van der Waals surface area contributed by atoms with Crippen LogP contribution in [0, 0.1) is 0 Å². The number of benzene rings is 2. The predicted octanol–water partition coefficient (Wildman–Crippen LogP) is 3.83. The van der Waals surface area contributed by atoms with Gasteiger partial charge in [-0.05, 0) is 30.7 Å². The number of rotatable bonds is 9. The van der Waals surface area contributed by atoms with Crippen molar-refractivity contribution in [3.63, 3.8) is 0 Å². The highest BCUT2D eigenvalue weighted by Gasteiger charge is 2.36. The normalized spacial score (nSPS) is 11.0. The van der Waals surface area contributed by atoms with E-state index in [4.69, 9.17) is 13.3 Å². The van der Waals surface area contributed by atoms with Crippen LogP contribution in [0.2, 0.25) is 6.04 Å². The summed E-state index contributed by atoms with van der Waals surface area (Å²) >= 11 is 0. The first-order valence-electron chi connectivity index (χ1n) is 8.55. The van der Waals surface area contributed by atoms with Crippen molar-refractivity contribution in [1.82, 2.24) is 0 Å². The van der Waals surface area contributed by atoms with Gasteiger partial charge in [-0.2, -0.15) is 0 Å². The Morgan fingerprint density at radius 3 is 1.69 bits per heavy atom. The molecule has 2 aromatic carbocycles. The summed E-state index contributed by atoms with van der Waals surface area (Å²) in [5.74, 6) is 0.696. The molecule has 0 spiro atoms. The maximum absolute atomic E-state index is 5.45. The van der Waals surface area contributed by atoms with Gasteiger partial charge in [0.2, 0.25) is 0 Å². The van der Waals surface area contributed by atoms with Crippen LogP contribution in [-0.4, -0.2) is 42.6 Å². The zero-order chi connectivity index (χ0) is 18.7. The van der Waals surface area contributed by atoms with E-state index in [1.165, 1.54) is 0 Å². The lowest BCUT2D eigenvalue weighted by atomic mass is 10.3. The summed E-state index contributed by atoms with van der Waals surface area (Å²) in [5.41, 5.74) is 1.95. The fourth-order valence-corrected chi connectivity index (χ4v) is 4.17. The van der Waals surface area contributed by atoms with Gasteiger partial charge in [0, 0.05) is 45.3 Å². The van der Waals surface area contributed by atoms with Gasteiger partial charge in [0.1, 0.15) is 0 Å². The minimum Gasteiger partial charge on any atom is -0.377 e. The molecule has 6 nitrogen and oxygen atoms in total. The number of nitrogens with one attached hydrogen (secondary N) is 2. The van der Waals surface area contributed by atoms with Gasteiger partial charge in [0.05, 0.1) is 0 Å². The van der Waals surface area contributed by atoms with Gasteiger partial charge in [-0.1, -0.05) is 36.4 Å². The molecular weight excluding hydrogens is 346 g/mol. The maximum Gasteiger partial charge on any atom is 0.500 e. The maximum atomic E-state index is 5.45. The largest absolute Gasteiger partial charge is 0.500 e. The lowest BCUT2D eigenvalue weighted by molar-refractivity contribution is 0.123. The Morgan fingerprint density at radius 2 is 1.27 bits per heavy atom. The van der Waals surface area contributed by atoms with Crippen molar-refractivity contribution >= 4 is 26.1 Å². The lowest BCUT2D eigenvalue weighted by Crippen LogP contribution is -2.42. The van der Waals surface area contributed by atoms with Crippen LogP contribution >= 0.6 is 0 Å². The average Bonchev–Trinajstić information content (AvgIpc) is 2.70. The summed E-state index contributed by atoms with van der Waals surface area (Å²) in [5, 5.41) is 6.65. The molecule has 26 heavy (non-hydrogen) atoms. The van der Waals surface area contributed by atoms with Gasteiger partial charge in [-0.3, -0.25) is 4.99 Å². The number of aliphatic imine (C=N–C) groups is 1. The van der Waals surface area contributed by atoms with E-state index in [0.717, 1.165) is 17.8 Å². The quantitative estimate of drug-likeness (QED) is 0.303. The summed E-state index contributed by atoms with van der Waals surface area (Å²) in [6.07, 6.45) is 0.804. The minimum atomic E-state index is -2.55. The molecule has 2 N–H and O–H groups in total. The lowest BCUT2D eigenvalue weighted by Gasteiger charge is -2.23. The first kappa shape index (κ1) is 20.1. The first-order chi connectivity index (χ1) is 12.7. The molecule has 0 aliphatic rings. The molecule has 0 aliphatic carbocycles. The van der Waals surface area contributed by atoms with Crippen molar-refractivity contribution in [3.05, 3.63) is 60.7 Å². The first-order valence-corrected chi connectivity index (χ1v) is 10.5. The number of nitrogens with zero attached hydrogens (tertiary/aromatic N) is 1. The van der Waals surface area contributed by atoms with E-state index in [2.05, 4.69) is 15.6 Å². The second-order valence-electron chi connectivity index (χ2n) is 5.61. The Kier molecular flexibility index (Phi) is 8.30. The van der Waals surface area contributed by atoms with E-state index in [1.807, 2.05) is 60.7 Å². The van der Waals surface area contributed by atoms with Crippen LogP contribution in [0.3, 0.4) is 0 Å². The molecule has 0 unspecified atom stereocenters. The topological polar surface area (TPSA) is 64.1 Å². The van der Waals surface area contributed by atoms with E-state index in [9.17, 15) is 0 Å². The third-order valence-electron chi connectivity index (χ3n) is 3.92. The highest BCUT2D eigenvalue weighted by atomic mass is 28.4. The van der Waals surface area contributed by atoms with Crippen LogP contribution < -0.4 is 10.6 Å². The summed E-state index contributed by atoms with van der Waals surface area (Å²) < 4.78 is 16.3. The molecule has 0 saturated carbocycles. The molecule has 0 aromatic heterocycles. The third kappa shape index (κ3) is 6.27. The SMILES string of the molecule is CO[Si](CCCN=C(Nc1ccccc1)Nc1ccccc1)(OC)OC. The van der Waals surface area contributed by atoms with Gasteiger partial charge >= 0.3 is 8.80 Å². The van der Waals surface area contributed by atoms with E-state index < -0.39 is 8.80 Å². The molecule has 2 aromatic rings. The van der Waals surface area contributed by atoms with Crippen LogP contribution in [0.15, 0.2) is 65.7 Å². The van der Waals surface area contributed by atoms with Gasteiger partial charge in [0.15, 0.2) is 5.96 Å². The van der Waals surface area contributed by atoms with Gasteiger partial charge in [0.25, 0.3) is 0 Å². The Bertz CT molecular complexity index is 612. The predicted molar refractivity (Wildman–Crippen MR) is 109 cm³/mol. The molecule has 0 fully saturated rings. The summed E-state index contributed by atoms with van der Waals surface area (Å²) in [6.45, 7) is 0.625. The van der Waals surface area contributed by atoms with Crippen molar-refractivity contribution in [3.8, 4) is 0 Å². The standard InChI is InChI=1S/C19H27N3O3Si/c1-23-26(24-2,25-3)16-10-15-20-19(21-17-11-6-4-7-12-17)22-18-13-8-5-9-14-18/h4-9,11-14H,10,15-16H2,1-3H3,(H2,20,21,22). The van der Waals surface area contributed by atoms with Gasteiger partial charge in [-0.25, -0.2) is 0 Å². The number of hydrogen-bond acceptors (Lipinski definition) is 4. The van der Waals surface area contributed by atoms with E-state index in [1.54, 1.807) is 21.3 Å². The van der Waals surface area contributed by atoms with Gasteiger partial charge < -0.3 is 23.9 Å². The third-order valence-corrected chi connectivity index (χ3v) is 6.75. The Morgan fingerprint density at radius 1 is 0.808 bits per heavy atom. The molecule has 0 saturated heterocycles. The zero-order valence-electron chi connectivity index (χ0n) is 15.6. The zero-order valence-corrected chi connectivity index (χ0v) is 16.6. The molecule has 2 rings (SSSR count). The van der Waals surface area contributed by atoms with Crippen LogP contribution in [0.25, 0.3) is 0 Å². The minimum absolute atomic E-state index is 0.625. The van der Waals surface area contributed by atoms with Crippen molar-refractivity contribution in [2.75, 3.05) is 38.5 Å². The monoisotopic (exact) mass is 373 g/mol. The van der Waals surface area contributed by atoms with Crippen LogP contribution in [0.1, 0.15) is 6.42 Å². The second kappa shape index (κ2) is 10.7. The number of anilines is 2. The molecule has 0 atom stereocenters. The number of para-hydroxylation sites is 2. The summed E-state index contributed by atoms with van der Waals surface area (Å²) in [4.78, 5) is 4.67. The summed E-state index contributed by atoms with van der Waals surface area (Å²) in [6, 6.07) is 20.6.